The number of rotatable bonds is 4. The Bertz CT molecular complexity index is 201. The summed E-state index contributed by atoms with van der Waals surface area (Å²) in [6.45, 7) is 7.72. The Kier molecular flexibility index (Phi) is 4.66. The van der Waals surface area contributed by atoms with E-state index in [1.165, 1.54) is 32.1 Å². The summed E-state index contributed by atoms with van der Waals surface area (Å²) in [6, 6.07) is 0.718. The van der Waals surface area contributed by atoms with Gasteiger partial charge in [-0.15, -0.1) is 0 Å². The van der Waals surface area contributed by atoms with Crippen LogP contribution in [0.5, 0.6) is 0 Å². The lowest BCUT2D eigenvalue weighted by Gasteiger charge is -2.36. The van der Waals surface area contributed by atoms with Crippen molar-refractivity contribution in [3.05, 3.63) is 0 Å². The van der Waals surface area contributed by atoms with Crippen LogP contribution in [0.3, 0.4) is 0 Å². The summed E-state index contributed by atoms with van der Waals surface area (Å²) in [4.78, 5) is 0. The normalized spacial score (nSPS) is 37.5. The van der Waals surface area contributed by atoms with Gasteiger partial charge in [0.2, 0.25) is 0 Å². The van der Waals surface area contributed by atoms with Crippen LogP contribution in [0.4, 0.5) is 0 Å². The average Bonchev–Trinajstić information content (AvgIpc) is 2.79. The molecular weight excluding hydrogens is 198 g/mol. The molecule has 2 heteroatoms. The van der Waals surface area contributed by atoms with Crippen molar-refractivity contribution in [3.8, 4) is 0 Å². The molecule has 2 rings (SSSR count). The summed E-state index contributed by atoms with van der Waals surface area (Å²) in [5.41, 5.74) is 0. The molecule has 0 aromatic carbocycles. The van der Waals surface area contributed by atoms with Crippen LogP contribution in [0.25, 0.3) is 0 Å². The number of ether oxygens (including phenoxy) is 1. The molecule has 1 saturated carbocycles. The van der Waals surface area contributed by atoms with Gasteiger partial charge in [-0.3, -0.25) is 0 Å². The summed E-state index contributed by atoms with van der Waals surface area (Å²) in [6.07, 6.45) is 6.99. The first kappa shape index (κ1) is 12.4. The lowest BCUT2D eigenvalue weighted by molar-refractivity contribution is 0.143. The third-order valence-electron chi connectivity index (χ3n) is 4.40. The largest absolute Gasteiger partial charge is 0.381 e. The summed E-state index contributed by atoms with van der Waals surface area (Å²) >= 11 is 0. The number of nitrogens with one attached hydrogen (secondary N) is 1. The fourth-order valence-corrected chi connectivity index (χ4v) is 3.60. The molecule has 0 radical (unpaired) electrons. The zero-order chi connectivity index (χ0) is 11.4. The van der Waals surface area contributed by atoms with Crippen molar-refractivity contribution in [2.75, 3.05) is 19.8 Å². The summed E-state index contributed by atoms with van der Waals surface area (Å²) in [5.74, 6) is 2.60. The van der Waals surface area contributed by atoms with Crippen LogP contribution in [0.15, 0.2) is 0 Å². The Balaban J connectivity index is 1.93. The molecular formula is C14H27NO. The van der Waals surface area contributed by atoms with Gasteiger partial charge < -0.3 is 10.1 Å². The molecule has 1 saturated heterocycles. The quantitative estimate of drug-likeness (QED) is 0.794. The van der Waals surface area contributed by atoms with Gasteiger partial charge in [-0.1, -0.05) is 26.7 Å². The lowest BCUT2D eigenvalue weighted by atomic mass is 9.74. The van der Waals surface area contributed by atoms with E-state index in [9.17, 15) is 0 Å². The van der Waals surface area contributed by atoms with E-state index < -0.39 is 0 Å². The Labute approximate surface area is 100 Å². The monoisotopic (exact) mass is 225 g/mol. The van der Waals surface area contributed by atoms with Crippen LogP contribution in [0, 0.1) is 17.8 Å². The van der Waals surface area contributed by atoms with Gasteiger partial charge in [0, 0.05) is 18.6 Å². The second-order valence-electron chi connectivity index (χ2n) is 5.74. The van der Waals surface area contributed by atoms with Gasteiger partial charge in [0.25, 0.3) is 0 Å². The van der Waals surface area contributed by atoms with Crippen molar-refractivity contribution in [3.63, 3.8) is 0 Å². The summed E-state index contributed by atoms with van der Waals surface area (Å²) < 4.78 is 5.56. The molecule has 94 valence electrons. The molecule has 1 aliphatic carbocycles. The summed E-state index contributed by atoms with van der Waals surface area (Å²) in [7, 11) is 0. The highest BCUT2D eigenvalue weighted by Gasteiger charge is 2.33. The maximum atomic E-state index is 5.56. The SMILES string of the molecule is CCNC(C1CCOC1)C1CCCC(C)C1. The smallest absolute Gasteiger partial charge is 0.0510 e. The van der Waals surface area contributed by atoms with E-state index in [0.29, 0.717) is 0 Å². The molecule has 0 aromatic heterocycles. The zero-order valence-corrected chi connectivity index (χ0v) is 10.9. The number of hydrogen-bond acceptors (Lipinski definition) is 2. The summed E-state index contributed by atoms with van der Waals surface area (Å²) in [5, 5.41) is 3.73. The first-order chi connectivity index (χ1) is 7.81. The highest BCUT2D eigenvalue weighted by atomic mass is 16.5. The van der Waals surface area contributed by atoms with E-state index in [1.54, 1.807) is 0 Å². The zero-order valence-electron chi connectivity index (χ0n) is 10.9. The third kappa shape index (κ3) is 2.98. The van der Waals surface area contributed by atoms with E-state index in [4.69, 9.17) is 4.74 Å². The van der Waals surface area contributed by atoms with Crippen LogP contribution in [-0.2, 0) is 4.74 Å². The van der Waals surface area contributed by atoms with Crippen molar-refractivity contribution in [1.29, 1.82) is 0 Å². The van der Waals surface area contributed by atoms with E-state index in [1.807, 2.05) is 0 Å². The third-order valence-corrected chi connectivity index (χ3v) is 4.40. The Morgan fingerprint density at radius 2 is 2.12 bits per heavy atom. The van der Waals surface area contributed by atoms with Gasteiger partial charge in [-0.2, -0.15) is 0 Å². The van der Waals surface area contributed by atoms with E-state index in [-0.39, 0.29) is 0 Å². The van der Waals surface area contributed by atoms with Gasteiger partial charge in [0.1, 0.15) is 0 Å². The Morgan fingerprint density at radius 1 is 1.25 bits per heavy atom. The van der Waals surface area contributed by atoms with Gasteiger partial charge in [-0.05, 0) is 37.6 Å². The predicted molar refractivity (Wildman–Crippen MR) is 67.5 cm³/mol. The molecule has 1 N–H and O–H groups in total. The molecule has 0 amide bonds. The molecule has 2 aliphatic rings. The van der Waals surface area contributed by atoms with Crippen LogP contribution >= 0.6 is 0 Å². The molecule has 0 spiro atoms. The number of hydrogen-bond donors (Lipinski definition) is 1. The molecule has 0 aromatic rings. The highest BCUT2D eigenvalue weighted by Crippen LogP contribution is 2.35. The van der Waals surface area contributed by atoms with Gasteiger partial charge >= 0.3 is 0 Å². The first-order valence-corrected chi connectivity index (χ1v) is 7.12. The molecule has 4 atom stereocenters. The van der Waals surface area contributed by atoms with E-state index >= 15 is 0 Å². The first-order valence-electron chi connectivity index (χ1n) is 7.12. The van der Waals surface area contributed by atoms with Gasteiger partial charge in [0.05, 0.1) is 6.61 Å². The molecule has 16 heavy (non-hydrogen) atoms. The van der Waals surface area contributed by atoms with Crippen LogP contribution in [0.1, 0.15) is 46.0 Å². The standard InChI is InChI=1S/C14H27NO/c1-3-15-14(13-7-8-16-10-13)12-6-4-5-11(2)9-12/h11-15H,3-10H2,1-2H3. The molecule has 4 unspecified atom stereocenters. The lowest BCUT2D eigenvalue weighted by Crippen LogP contribution is -2.44. The topological polar surface area (TPSA) is 21.3 Å². The van der Waals surface area contributed by atoms with Crippen LogP contribution in [0.2, 0.25) is 0 Å². The predicted octanol–water partition coefficient (Wildman–Crippen LogP) is 2.83. The van der Waals surface area contributed by atoms with Gasteiger partial charge in [-0.25, -0.2) is 0 Å². The Hall–Kier alpha value is -0.0800. The Morgan fingerprint density at radius 3 is 2.75 bits per heavy atom. The van der Waals surface area contributed by atoms with Gasteiger partial charge in [0.15, 0.2) is 0 Å². The van der Waals surface area contributed by atoms with Crippen LogP contribution < -0.4 is 5.32 Å². The average molecular weight is 225 g/mol. The van der Waals surface area contributed by atoms with Crippen molar-refractivity contribution in [2.45, 2.75) is 52.0 Å². The fraction of sp³-hybridized carbons (Fsp3) is 1.00. The van der Waals surface area contributed by atoms with E-state index in [2.05, 4.69) is 19.2 Å². The molecule has 2 nitrogen and oxygen atoms in total. The molecule has 0 bridgehead atoms. The second kappa shape index (κ2) is 6.02. The van der Waals surface area contributed by atoms with Crippen molar-refractivity contribution in [1.82, 2.24) is 5.32 Å². The minimum atomic E-state index is 0.718. The molecule has 2 fully saturated rings. The minimum Gasteiger partial charge on any atom is -0.381 e. The van der Waals surface area contributed by atoms with Crippen molar-refractivity contribution >= 4 is 0 Å². The van der Waals surface area contributed by atoms with Crippen molar-refractivity contribution in [2.24, 2.45) is 17.8 Å². The molecule has 1 heterocycles. The maximum absolute atomic E-state index is 5.56. The highest BCUT2D eigenvalue weighted by molar-refractivity contribution is 4.87. The van der Waals surface area contributed by atoms with Crippen molar-refractivity contribution < 1.29 is 4.74 Å². The second-order valence-corrected chi connectivity index (χ2v) is 5.74. The van der Waals surface area contributed by atoms with Crippen LogP contribution in [-0.4, -0.2) is 25.8 Å². The fourth-order valence-electron chi connectivity index (χ4n) is 3.60. The minimum absolute atomic E-state index is 0.718. The maximum Gasteiger partial charge on any atom is 0.0510 e. The van der Waals surface area contributed by atoms with E-state index in [0.717, 1.165) is 43.6 Å². The molecule has 1 aliphatic heterocycles.